The number of aliphatic carboxylic acids is 1. The molecule has 2 atom stereocenters. The molecule has 0 fully saturated rings. The van der Waals surface area contributed by atoms with E-state index in [1.165, 1.54) is 14.0 Å². The lowest BCUT2D eigenvalue weighted by molar-refractivity contribution is -0.146. The summed E-state index contributed by atoms with van der Waals surface area (Å²) in [7, 11) is 1.26. The molecule has 0 aliphatic rings. The molecule has 1 rings (SSSR count). The highest BCUT2D eigenvalue weighted by Gasteiger charge is 2.25. The fourth-order valence-electron chi connectivity index (χ4n) is 1.60. The predicted molar refractivity (Wildman–Crippen MR) is 70.8 cm³/mol. The molecule has 0 saturated heterocycles. The zero-order chi connectivity index (χ0) is 15.1. The third-order valence-corrected chi connectivity index (χ3v) is 2.88. The van der Waals surface area contributed by atoms with Gasteiger partial charge in [-0.25, -0.2) is 0 Å². The van der Waals surface area contributed by atoms with Crippen LogP contribution in [0.1, 0.15) is 24.9 Å². The summed E-state index contributed by atoms with van der Waals surface area (Å²) in [5.74, 6) is -3.52. The fourth-order valence-corrected chi connectivity index (χ4v) is 1.60. The molecule has 1 aromatic rings. The number of hydrogen-bond acceptors (Lipinski definition) is 4. The first-order valence-electron chi connectivity index (χ1n) is 6.10. The number of amides is 1. The van der Waals surface area contributed by atoms with Crippen LogP contribution in [0.25, 0.3) is 0 Å². The van der Waals surface area contributed by atoms with Gasteiger partial charge in [-0.05, 0) is 12.5 Å². The number of esters is 1. The van der Waals surface area contributed by atoms with E-state index in [0.29, 0.717) is 5.56 Å². The Bertz CT molecular complexity index is 486. The maximum Gasteiger partial charge on any atom is 0.315 e. The lowest BCUT2D eigenvalue weighted by Gasteiger charge is -2.19. The third-order valence-electron chi connectivity index (χ3n) is 2.88. The number of carbonyl (C=O) groups excluding carboxylic acids is 2. The Balaban J connectivity index is 2.86. The van der Waals surface area contributed by atoms with E-state index in [9.17, 15) is 14.4 Å². The molecule has 0 heterocycles. The maximum atomic E-state index is 11.8. The van der Waals surface area contributed by atoms with Crippen LogP contribution in [0.2, 0.25) is 0 Å². The van der Waals surface area contributed by atoms with Crippen molar-refractivity contribution in [2.24, 2.45) is 5.92 Å². The second-order valence-corrected chi connectivity index (χ2v) is 4.31. The molecular formula is C14H17NO5. The van der Waals surface area contributed by atoms with Crippen molar-refractivity contribution < 1.29 is 24.2 Å². The van der Waals surface area contributed by atoms with Crippen molar-refractivity contribution in [3.05, 3.63) is 35.9 Å². The SMILES string of the molecule is COC(=O)CC(NC(=O)C(C)C(=O)O)c1ccccc1. The van der Waals surface area contributed by atoms with Gasteiger partial charge in [0.05, 0.1) is 19.6 Å². The summed E-state index contributed by atoms with van der Waals surface area (Å²) in [5, 5.41) is 11.4. The maximum absolute atomic E-state index is 11.8. The first kappa shape index (κ1) is 15.7. The second kappa shape index (κ2) is 7.28. The molecule has 0 radical (unpaired) electrons. The van der Waals surface area contributed by atoms with Crippen molar-refractivity contribution in [1.29, 1.82) is 0 Å². The molecule has 0 aromatic heterocycles. The molecule has 2 N–H and O–H groups in total. The number of carboxylic acids is 1. The van der Waals surface area contributed by atoms with E-state index in [-0.39, 0.29) is 6.42 Å². The van der Waals surface area contributed by atoms with Gasteiger partial charge in [-0.2, -0.15) is 0 Å². The molecule has 20 heavy (non-hydrogen) atoms. The highest BCUT2D eigenvalue weighted by molar-refractivity contribution is 5.96. The first-order valence-corrected chi connectivity index (χ1v) is 6.10. The summed E-state index contributed by atoms with van der Waals surface area (Å²) in [4.78, 5) is 34.0. The van der Waals surface area contributed by atoms with E-state index < -0.39 is 29.8 Å². The van der Waals surface area contributed by atoms with Crippen LogP contribution >= 0.6 is 0 Å². The lowest BCUT2D eigenvalue weighted by atomic mass is 10.0. The molecule has 1 amide bonds. The standard InChI is InChI=1S/C14H17NO5/c1-9(14(18)19)13(17)15-11(8-12(16)20-2)10-6-4-3-5-7-10/h3-7,9,11H,8H2,1-2H3,(H,15,17)(H,18,19). The molecule has 6 heteroatoms. The quantitative estimate of drug-likeness (QED) is 0.601. The van der Waals surface area contributed by atoms with Crippen LogP contribution in [0.15, 0.2) is 30.3 Å². The molecule has 0 aliphatic carbocycles. The summed E-state index contributed by atoms with van der Waals surface area (Å²) in [6, 6.07) is 8.23. The summed E-state index contributed by atoms with van der Waals surface area (Å²) in [6.45, 7) is 1.29. The van der Waals surface area contributed by atoms with Gasteiger partial charge in [0.2, 0.25) is 5.91 Å². The van der Waals surface area contributed by atoms with Gasteiger partial charge in [-0.1, -0.05) is 30.3 Å². The topological polar surface area (TPSA) is 92.7 Å². The summed E-state index contributed by atoms with van der Waals surface area (Å²) >= 11 is 0. The highest BCUT2D eigenvalue weighted by atomic mass is 16.5. The zero-order valence-electron chi connectivity index (χ0n) is 11.3. The second-order valence-electron chi connectivity index (χ2n) is 4.31. The molecule has 0 saturated carbocycles. The van der Waals surface area contributed by atoms with E-state index >= 15 is 0 Å². The lowest BCUT2D eigenvalue weighted by Crippen LogP contribution is -2.37. The smallest absolute Gasteiger partial charge is 0.315 e. The van der Waals surface area contributed by atoms with Crippen molar-refractivity contribution in [2.45, 2.75) is 19.4 Å². The van der Waals surface area contributed by atoms with E-state index in [1.807, 2.05) is 0 Å². The van der Waals surface area contributed by atoms with Crippen LogP contribution in [-0.2, 0) is 19.1 Å². The molecule has 6 nitrogen and oxygen atoms in total. The molecule has 0 spiro atoms. The molecule has 108 valence electrons. The van der Waals surface area contributed by atoms with Gasteiger partial charge in [0.15, 0.2) is 0 Å². The van der Waals surface area contributed by atoms with Gasteiger partial charge in [-0.3, -0.25) is 14.4 Å². The Hall–Kier alpha value is -2.37. The Morgan fingerprint density at radius 1 is 1.25 bits per heavy atom. The van der Waals surface area contributed by atoms with Crippen LogP contribution in [0, 0.1) is 5.92 Å². The minimum atomic E-state index is -1.22. The number of carboxylic acid groups (broad SMARTS) is 1. The third kappa shape index (κ3) is 4.38. The monoisotopic (exact) mass is 279 g/mol. The van der Waals surface area contributed by atoms with Crippen molar-refractivity contribution >= 4 is 17.8 Å². The van der Waals surface area contributed by atoms with Gasteiger partial charge in [-0.15, -0.1) is 0 Å². The van der Waals surface area contributed by atoms with E-state index in [4.69, 9.17) is 5.11 Å². The Kier molecular flexibility index (Phi) is 5.71. The van der Waals surface area contributed by atoms with Crippen LogP contribution in [0.3, 0.4) is 0 Å². The number of rotatable bonds is 6. The van der Waals surface area contributed by atoms with Crippen molar-refractivity contribution in [2.75, 3.05) is 7.11 Å². The van der Waals surface area contributed by atoms with Gasteiger partial charge in [0.25, 0.3) is 0 Å². The fraction of sp³-hybridized carbons (Fsp3) is 0.357. The van der Waals surface area contributed by atoms with Gasteiger partial charge in [0, 0.05) is 0 Å². The van der Waals surface area contributed by atoms with Gasteiger partial charge in [0.1, 0.15) is 5.92 Å². The molecule has 0 bridgehead atoms. The van der Waals surface area contributed by atoms with Crippen LogP contribution in [-0.4, -0.2) is 30.1 Å². The normalized spacial score (nSPS) is 13.1. The van der Waals surface area contributed by atoms with Crippen molar-refractivity contribution in [3.8, 4) is 0 Å². The number of methoxy groups -OCH3 is 1. The van der Waals surface area contributed by atoms with Crippen LogP contribution < -0.4 is 5.32 Å². The average Bonchev–Trinajstić information content (AvgIpc) is 2.46. The average molecular weight is 279 g/mol. The van der Waals surface area contributed by atoms with Gasteiger partial charge < -0.3 is 15.2 Å². The highest BCUT2D eigenvalue weighted by Crippen LogP contribution is 2.17. The summed E-state index contributed by atoms with van der Waals surface area (Å²) in [6.07, 6.45) is -0.0570. The number of carbonyl (C=O) groups is 3. The summed E-state index contributed by atoms with van der Waals surface area (Å²) < 4.78 is 4.59. The minimum Gasteiger partial charge on any atom is -0.481 e. The molecule has 1 aromatic carbocycles. The van der Waals surface area contributed by atoms with E-state index in [2.05, 4.69) is 10.1 Å². The number of benzene rings is 1. The van der Waals surface area contributed by atoms with E-state index in [0.717, 1.165) is 0 Å². The first-order chi connectivity index (χ1) is 9.45. The van der Waals surface area contributed by atoms with E-state index in [1.54, 1.807) is 30.3 Å². The largest absolute Gasteiger partial charge is 0.481 e. The Labute approximate surface area is 116 Å². The Morgan fingerprint density at radius 3 is 2.35 bits per heavy atom. The van der Waals surface area contributed by atoms with Gasteiger partial charge >= 0.3 is 11.9 Å². The molecular weight excluding hydrogens is 262 g/mol. The molecule has 2 unspecified atom stereocenters. The minimum absolute atomic E-state index is 0.0570. The number of ether oxygens (including phenoxy) is 1. The molecule has 0 aliphatic heterocycles. The van der Waals surface area contributed by atoms with Crippen molar-refractivity contribution in [3.63, 3.8) is 0 Å². The van der Waals surface area contributed by atoms with Crippen LogP contribution in [0.4, 0.5) is 0 Å². The predicted octanol–water partition coefficient (Wildman–Crippen LogP) is 1.13. The van der Waals surface area contributed by atoms with Crippen molar-refractivity contribution in [1.82, 2.24) is 5.32 Å². The van der Waals surface area contributed by atoms with Crippen LogP contribution in [0.5, 0.6) is 0 Å². The number of nitrogens with one attached hydrogen (secondary N) is 1. The number of hydrogen-bond donors (Lipinski definition) is 2. The Morgan fingerprint density at radius 2 is 1.85 bits per heavy atom. The zero-order valence-corrected chi connectivity index (χ0v) is 11.3. The summed E-state index contributed by atoms with van der Waals surface area (Å²) in [5.41, 5.74) is 0.712.